The molecule has 0 bridgehead atoms. The molecule has 4 heteroatoms. The van der Waals surface area contributed by atoms with Crippen molar-refractivity contribution in [1.82, 2.24) is 5.32 Å². The fourth-order valence-electron chi connectivity index (χ4n) is 1.18. The van der Waals surface area contributed by atoms with Gasteiger partial charge < -0.3 is 5.32 Å². The lowest BCUT2D eigenvalue weighted by atomic mass is 10.2. The van der Waals surface area contributed by atoms with E-state index < -0.39 is 0 Å². The number of amidine groups is 1. The zero-order valence-electron chi connectivity index (χ0n) is 7.78. The summed E-state index contributed by atoms with van der Waals surface area (Å²) in [5.41, 5.74) is 2.03. The Balaban J connectivity index is 2.25. The van der Waals surface area contributed by atoms with Crippen molar-refractivity contribution in [3.05, 3.63) is 29.8 Å². The van der Waals surface area contributed by atoms with E-state index in [1.165, 1.54) is 11.8 Å². The summed E-state index contributed by atoms with van der Waals surface area (Å²) in [5, 5.41) is 3.40. The summed E-state index contributed by atoms with van der Waals surface area (Å²) >= 11 is 1.44. The van der Waals surface area contributed by atoms with Crippen LogP contribution in [0.15, 0.2) is 29.3 Å². The standard InChI is InChI=1S/C10H10N2OS/c1-7-4-2-3-5-8(7)11-10-12-9(13)6-14-10/h2-5H,6H2,1H3,(H,11,12,13). The van der Waals surface area contributed by atoms with Crippen molar-refractivity contribution in [3.63, 3.8) is 0 Å². The number of para-hydroxylation sites is 1. The minimum absolute atomic E-state index is 0.0299. The lowest BCUT2D eigenvalue weighted by Gasteiger charge is -1.99. The number of hydrogen-bond donors (Lipinski definition) is 1. The Morgan fingerprint density at radius 2 is 2.21 bits per heavy atom. The van der Waals surface area contributed by atoms with Gasteiger partial charge in [-0.3, -0.25) is 4.79 Å². The first-order valence-electron chi connectivity index (χ1n) is 4.33. The normalized spacial score (nSPS) is 18.6. The first-order valence-corrected chi connectivity index (χ1v) is 5.31. The molecule has 0 spiro atoms. The van der Waals surface area contributed by atoms with E-state index in [1.807, 2.05) is 31.2 Å². The third kappa shape index (κ3) is 1.96. The van der Waals surface area contributed by atoms with Crippen LogP contribution in [0.5, 0.6) is 0 Å². The van der Waals surface area contributed by atoms with E-state index >= 15 is 0 Å². The molecular weight excluding hydrogens is 196 g/mol. The first kappa shape index (κ1) is 9.27. The highest BCUT2D eigenvalue weighted by Crippen LogP contribution is 2.20. The molecule has 1 amide bonds. The Morgan fingerprint density at radius 3 is 2.86 bits per heavy atom. The first-order chi connectivity index (χ1) is 6.75. The van der Waals surface area contributed by atoms with Gasteiger partial charge in [0.15, 0.2) is 5.17 Å². The van der Waals surface area contributed by atoms with Gasteiger partial charge in [0.2, 0.25) is 5.91 Å². The van der Waals surface area contributed by atoms with Crippen molar-refractivity contribution >= 4 is 28.5 Å². The maximum atomic E-state index is 10.9. The average Bonchev–Trinajstić information content (AvgIpc) is 2.56. The van der Waals surface area contributed by atoms with E-state index in [9.17, 15) is 4.79 Å². The quantitative estimate of drug-likeness (QED) is 0.761. The van der Waals surface area contributed by atoms with Crippen LogP contribution in [0.25, 0.3) is 0 Å². The van der Waals surface area contributed by atoms with Crippen LogP contribution in [0.3, 0.4) is 0 Å². The second kappa shape index (κ2) is 3.84. The van der Waals surface area contributed by atoms with Crippen LogP contribution in [-0.2, 0) is 4.79 Å². The number of benzene rings is 1. The molecule has 0 aromatic heterocycles. The number of thioether (sulfide) groups is 1. The molecule has 0 atom stereocenters. The molecule has 1 saturated heterocycles. The van der Waals surface area contributed by atoms with E-state index in [-0.39, 0.29) is 5.91 Å². The van der Waals surface area contributed by atoms with Crippen molar-refractivity contribution < 1.29 is 4.79 Å². The van der Waals surface area contributed by atoms with Crippen molar-refractivity contribution in [1.29, 1.82) is 0 Å². The molecule has 1 N–H and O–H groups in total. The molecule has 1 aliphatic rings. The van der Waals surface area contributed by atoms with Gasteiger partial charge in [0.1, 0.15) is 0 Å². The zero-order chi connectivity index (χ0) is 9.97. The third-order valence-corrected chi connectivity index (χ3v) is 2.80. The number of carbonyl (C=O) groups excluding carboxylic acids is 1. The summed E-state index contributed by atoms with van der Waals surface area (Å²) in [4.78, 5) is 15.3. The number of aliphatic imine (C=N–C) groups is 1. The van der Waals surface area contributed by atoms with Crippen molar-refractivity contribution in [2.24, 2.45) is 4.99 Å². The van der Waals surface area contributed by atoms with Crippen molar-refractivity contribution in [3.8, 4) is 0 Å². The van der Waals surface area contributed by atoms with Gasteiger partial charge in [0.25, 0.3) is 0 Å². The Morgan fingerprint density at radius 1 is 1.43 bits per heavy atom. The molecular formula is C10H10N2OS. The predicted molar refractivity (Wildman–Crippen MR) is 58.9 cm³/mol. The zero-order valence-corrected chi connectivity index (χ0v) is 8.60. The smallest absolute Gasteiger partial charge is 0.236 e. The molecule has 1 aliphatic heterocycles. The fourth-order valence-corrected chi connectivity index (χ4v) is 1.87. The Labute approximate surface area is 86.6 Å². The molecule has 0 unspecified atom stereocenters. The Hall–Kier alpha value is -1.29. The van der Waals surface area contributed by atoms with Crippen LogP contribution in [0.1, 0.15) is 5.56 Å². The van der Waals surface area contributed by atoms with Crippen LogP contribution in [-0.4, -0.2) is 16.8 Å². The maximum Gasteiger partial charge on any atom is 0.236 e. The molecule has 72 valence electrons. The number of hydrogen-bond acceptors (Lipinski definition) is 3. The summed E-state index contributed by atoms with van der Waals surface area (Å²) in [6, 6.07) is 7.85. The molecule has 0 radical (unpaired) electrons. The van der Waals surface area contributed by atoms with Crippen molar-refractivity contribution in [2.75, 3.05) is 5.75 Å². The lowest BCUT2D eigenvalue weighted by Crippen LogP contribution is -2.19. The third-order valence-electron chi connectivity index (χ3n) is 1.92. The highest BCUT2D eigenvalue weighted by molar-refractivity contribution is 8.15. The van der Waals surface area contributed by atoms with Crippen molar-refractivity contribution in [2.45, 2.75) is 6.92 Å². The number of nitrogens with one attached hydrogen (secondary N) is 1. The summed E-state index contributed by atoms with van der Waals surface area (Å²) < 4.78 is 0. The van der Waals surface area contributed by atoms with Gasteiger partial charge in [-0.25, -0.2) is 4.99 Å². The molecule has 0 aliphatic carbocycles. The summed E-state index contributed by atoms with van der Waals surface area (Å²) in [6.45, 7) is 2.00. The summed E-state index contributed by atoms with van der Waals surface area (Å²) in [5.74, 6) is 0.507. The summed E-state index contributed by atoms with van der Waals surface area (Å²) in [7, 11) is 0. The van der Waals surface area contributed by atoms with Gasteiger partial charge in [-0.15, -0.1) is 0 Å². The molecule has 0 saturated carbocycles. The van der Waals surface area contributed by atoms with Crippen LogP contribution in [0.4, 0.5) is 5.69 Å². The van der Waals surface area contributed by atoms with Crippen LogP contribution in [0.2, 0.25) is 0 Å². The Bertz CT molecular complexity index is 401. The van der Waals surface area contributed by atoms with Gasteiger partial charge in [-0.2, -0.15) is 0 Å². The highest BCUT2D eigenvalue weighted by Gasteiger charge is 2.16. The van der Waals surface area contributed by atoms with Gasteiger partial charge in [0.05, 0.1) is 11.4 Å². The largest absolute Gasteiger partial charge is 0.304 e. The minimum atomic E-state index is 0.0299. The monoisotopic (exact) mass is 206 g/mol. The lowest BCUT2D eigenvalue weighted by molar-refractivity contribution is -0.116. The number of rotatable bonds is 1. The summed E-state index contributed by atoms with van der Waals surface area (Å²) in [6.07, 6.45) is 0. The van der Waals surface area contributed by atoms with Gasteiger partial charge in [-0.05, 0) is 18.6 Å². The minimum Gasteiger partial charge on any atom is -0.304 e. The van der Waals surface area contributed by atoms with E-state index in [2.05, 4.69) is 10.3 Å². The van der Waals surface area contributed by atoms with Crippen LogP contribution >= 0.6 is 11.8 Å². The average molecular weight is 206 g/mol. The van der Waals surface area contributed by atoms with E-state index in [0.717, 1.165) is 11.3 Å². The van der Waals surface area contributed by atoms with E-state index in [0.29, 0.717) is 10.9 Å². The predicted octanol–water partition coefficient (Wildman–Crippen LogP) is 1.85. The van der Waals surface area contributed by atoms with E-state index in [4.69, 9.17) is 0 Å². The molecule has 1 heterocycles. The fraction of sp³-hybridized carbons (Fsp3) is 0.200. The second-order valence-electron chi connectivity index (χ2n) is 3.04. The number of aryl methyl sites for hydroxylation is 1. The molecule has 14 heavy (non-hydrogen) atoms. The van der Waals surface area contributed by atoms with Crippen LogP contribution < -0.4 is 5.32 Å². The van der Waals surface area contributed by atoms with Gasteiger partial charge in [-0.1, -0.05) is 30.0 Å². The number of nitrogens with zero attached hydrogens (tertiary/aromatic N) is 1. The molecule has 1 aromatic rings. The highest BCUT2D eigenvalue weighted by atomic mass is 32.2. The van der Waals surface area contributed by atoms with Gasteiger partial charge in [0, 0.05) is 0 Å². The second-order valence-corrected chi connectivity index (χ2v) is 4.00. The Kier molecular flexibility index (Phi) is 2.54. The SMILES string of the molecule is Cc1ccccc1N=C1NC(=O)CS1. The molecule has 2 rings (SSSR count). The number of amides is 1. The molecule has 1 fully saturated rings. The number of carbonyl (C=O) groups is 1. The van der Waals surface area contributed by atoms with Gasteiger partial charge >= 0.3 is 0 Å². The molecule has 1 aromatic carbocycles. The molecule has 3 nitrogen and oxygen atoms in total. The maximum absolute atomic E-state index is 10.9. The van der Waals surface area contributed by atoms with Crippen LogP contribution in [0, 0.1) is 6.92 Å². The topological polar surface area (TPSA) is 41.5 Å². The van der Waals surface area contributed by atoms with E-state index in [1.54, 1.807) is 0 Å².